The fraction of sp³-hybridized carbons (Fsp3) is 0.255. The fourth-order valence-electron chi connectivity index (χ4n) is 7.95. The van der Waals surface area contributed by atoms with Gasteiger partial charge in [0.1, 0.15) is 0 Å². The van der Waals surface area contributed by atoms with Gasteiger partial charge in [0.2, 0.25) is 0 Å². The minimum atomic E-state index is -0.664. The van der Waals surface area contributed by atoms with E-state index in [9.17, 15) is 0 Å². The average molecular weight is 916 g/mol. The van der Waals surface area contributed by atoms with Crippen LogP contribution in [0.25, 0.3) is 11.1 Å². The van der Waals surface area contributed by atoms with Crippen molar-refractivity contribution in [3.63, 3.8) is 0 Å². The van der Waals surface area contributed by atoms with Crippen molar-refractivity contribution in [2.45, 2.75) is 78.6 Å². The smallest absolute Gasteiger partial charge is 0.0663 e. The number of rotatable bonds is 6. The van der Waals surface area contributed by atoms with Crippen molar-refractivity contribution >= 4 is 11.4 Å². The number of anilines is 2. The Hall–Kier alpha value is -4.92. The molecule has 0 unspecified atom stereocenters. The van der Waals surface area contributed by atoms with Crippen LogP contribution in [0, 0.1) is 24.2 Å². The van der Waals surface area contributed by atoms with Gasteiger partial charge in [-0.05, 0) is 69.1 Å². The number of hydrogen-bond donors (Lipinski definition) is 0. The normalized spacial score (nSPS) is 14.8. The Balaban J connectivity index is 0.00000480. The zero-order valence-corrected chi connectivity index (χ0v) is 36.1. The van der Waals surface area contributed by atoms with Gasteiger partial charge in [-0.15, -0.1) is 53.8 Å². The van der Waals surface area contributed by atoms with Crippen LogP contribution in [-0.4, -0.2) is 4.98 Å². The van der Waals surface area contributed by atoms with Crippen molar-refractivity contribution < 1.29 is 25.8 Å². The molecule has 2 heterocycles. The number of pyridine rings is 1. The van der Waals surface area contributed by atoms with E-state index >= 15 is 0 Å². The number of aromatic nitrogens is 1. The van der Waals surface area contributed by atoms with E-state index in [1.54, 1.807) is 0 Å². The van der Waals surface area contributed by atoms with E-state index in [4.69, 9.17) is 9.72 Å². The summed E-state index contributed by atoms with van der Waals surface area (Å²) in [6.07, 6.45) is 4.12. The van der Waals surface area contributed by atoms with Crippen LogP contribution in [0.1, 0.15) is 95.8 Å². The molecule has 1 aromatic heterocycles. The summed E-state index contributed by atoms with van der Waals surface area (Å²) in [6, 6.07) is 50.4. The molecular weight excluding hydrogens is 866 g/mol. The van der Waals surface area contributed by atoms with Gasteiger partial charge in [-0.3, -0.25) is 4.98 Å². The van der Waals surface area contributed by atoms with Crippen molar-refractivity contribution in [1.29, 1.82) is 0 Å². The molecule has 2 aliphatic rings. The summed E-state index contributed by atoms with van der Waals surface area (Å²) >= 11 is 0. The molecule has 0 saturated heterocycles. The van der Waals surface area contributed by atoms with Crippen LogP contribution in [-0.2, 0) is 37.3 Å². The summed E-state index contributed by atoms with van der Waals surface area (Å²) in [5.74, 6) is 1.27. The number of benzene rings is 5. The average Bonchev–Trinajstić information content (AvgIpc) is 3.74. The topological polar surface area (TPSA) is 28.6 Å². The molecule has 0 atom stereocenters. The first-order valence-electron chi connectivity index (χ1n) is 19.3. The maximum absolute atomic E-state index is 6.82. The van der Waals surface area contributed by atoms with Crippen molar-refractivity contribution in [2.24, 2.45) is 5.41 Å². The third kappa shape index (κ3) is 7.02. The van der Waals surface area contributed by atoms with Gasteiger partial charge in [0.05, 0.1) is 11.1 Å². The maximum atomic E-state index is 6.82. The van der Waals surface area contributed by atoms with E-state index in [1.165, 1.54) is 33.5 Å². The predicted octanol–water partition coefficient (Wildman–Crippen LogP) is 12.8. The van der Waals surface area contributed by atoms with E-state index in [1.807, 2.05) is 18.3 Å². The van der Waals surface area contributed by atoms with Crippen LogP contribution < -0.4 is 14.5 Å². The molecule has 5 heteroatoms. The standard InChI is InChI=1S/C51H50N3O.Pt/c1-48(2,3)35-24-26-38(27-25-35)54-34-53(33-47(54)50(7,8)9)39-29-37(49(4,5)6)31-41(32-39)55-40-18-16-17-36(30-40)51(46-23-14-15-28-52-46)44-21-12-10-19-42(44)43-20-11-13-22-45(43)51;/h10-29,31,33-34H,1-9H3;/q-3;. The number of ether oxygens (including phenoxy) is 1. The first-order chi connectivity index (χ1) is 26.1. The molecule has 288 valence electrons. The molecule has 0 fully saturated rings. The maximum Gasteiger partial charge on any atom is 0.0663 e. The van der Waals surface area contributed by atoms with Gasteiger partial charge in [0.15, 0.2) is 0 Å². The van der Waals surface area contributed by atoms with Gasteiger partial charge in [0.25, 0.3) is 0 Å². The molecule has 0 radical (unpaired) electrons. The summed E-state index contributed by atoms with van der Waals surface area (Å²) < 4.78 is 6.82. The van der Waals surface area contributed by atoms with E-state index in [0.717, 1.165) is 28.2 Å². The second kappa shape index (κ2) is 14.5. The summed E-state index contributed by atoms with van der Waals surface area (Å²) in [5.41, 5.74) is 11.6. The largest absolute Gasteiger partial charge is 0.509 e. The molecule has 0 bridgehead atoms. The van der Waals surface area contributed by atoms with Crippen LogP contribution in [0.15, 0.2) is 139 Å². The van der Waals surface area contributed by atoms with E-state index in [-0.39, 0.29) is 37.3 Å². The Kier molecular flexibility index (Phi) is 10.2. The summed E-state index contributed by atoms with van der Waals surface area (Å²) in [6.45, 7) is 22.4. The molecular formula is C51H50N3OPt-3. The van der Waals surface area contributed by atoms with E-state index < -0.39 is 5.41 Å². The molecule has 6 aromatic rings. The van der Waals surface area contributed by atoms with Crippen molar-refractivity contribution in [2.75, 3.05) is 9.80 Å². The number of hydrogen-bond acceptors (Lipinski definition) is 4. The third-order valence-electron chi connectivity index (χ3n) is 10.9. The molecule has 4 nitrogen and oxygen atoms in total. The Morgan fingerprint density at radius 3 is 1.82 bits per heavy atom. The zero-order valence-electron chi connectivity index (χ0n) is 33.8. The second-order valence-corrected chi connectivity index (χ2v) is 17.9. The number of fused-ring (bicyclic) bond motifs is 3. The molecule has 56 heavy (non-hydrogen) atoms. The quantitative estimate of drug-likeness (QED) is 0.155. The van der Waals surface area contributed by atoms with E-state index in [2.05, 4.69) is 206 Å². The van der Waals surface area contributed by atoms with Crippen molar-refractivity contribution in [1.82, 2.24) is 4.98 Å². The van der Waals surface area contributed by atoms with Gasteiger partial charge >= 0.3 is 0 Å². The van der Waals surface area contributed by atoms with Gasteiger partial charge in [-0.2, -0.15) is 12.1 Å². The molecule has 0 saturated carbocycles. The van der Waals surface area contributed by atoms with Crippen LogP contribution >= 0.6 is 0 Å². The third-order valence-corrected chi connectivity index (χ3v) is 10.9. The molecule has 0 N–H and O–H groups in total. The minimum absolute atomic E-state index is 0. The molecule has 0 spiro atoms. The van der Waals surface area contributed by atoms with Gasteiger partial charge in [-0.25, -0.2) is 0 Å². The molecule has 1 aliphatic heterocycles. The Bertz CT molecular complexity index is 2350. The van der Waals surface area contributed by atoms with Crippen LogP contribution in [0.4, 0.5) is 11.4 Å². The Morgan fingerprint density at radius 1 is 0.607 bits per heavy atom. The molecule has 8 rings (SSSR count). The summed E-state index contributed by atoms with van der Waals surface area (Å²) in [4.78, 5) is 9.48. The van der Waals surface area contributed by atoms with Crippen LogP contribution in [0.3, 0.4) is 0 Å². The Labute approximate surface area is 348 Å². The second-order valence-electron chi connectivity index (χ2n) is 17.9. The first-order valence-corrected chi connectivity index (χ1v) is 19.3. The Morgan fingerprint density at radius 2 is 1.23 bits per heavy atom. The SMILES string of the molecule is CC(C)(C)C1=CN(c2[c-]c(Oc3[c-]c(C4(c5ccccn5)c5ccccc5-c5ccccc54)ccc3)cc(C(C)(C)C)c2)[CH-]N1c1ccc(C(C)(C)C)cc1.[Pt]. The fourth-order valence-corrected chi connectivity index (χ4v) is 7.95. The van der Waals surface area contributed by atoms with E-state index in [0.29, 0.717) is 11.5 Å². The first kappa shape index (κ1) is 39.3. The van der Waals surface area contributed by atoms with Crippen LogP contribution in [0.2, 0.25) is 0 Å². The predicted molar refractivity (Wildman–Crippen MR) is 226 cm³/mol. The number of allylic oxidation sites excluding steroid dienone is 1. The summed E-state index contributed by atoms with van der Waals surface area (Å²) in [5, 5.41) is 0. The summed E-state index contributed by atoms with van der Waals surface area (Å²) in [7, 11) is 0. The van der Waals surface area contributed by atoms with Crippen molar-refractivity contribution in [3.8, 4) is 22.6 Å². The number of nitrogens with zero attached hydrogens (tertiary/aromatic N) is 3. The molecule has 1 aliphatic carbocycles. The van der Waals surface area contributed by atoms with Crippen molar-refractivity contribution in [3.05, 3.63) is 192 Å². The molecule has 0 amide bonds. The minimum Gasteiger partial charge on any atom is -0.509 e. The monoisotopic (exact) mass is 915 g/mol. The van der Waals surface area contributed by atoms with Gasteiger partial charge < -0.3 is 14.5 Å². The molecule has 5 aromatic carbocycles. The van der Waals surface area contributed by atoms with Gasteiger partial charge in [-0.1, -0.05) is 129 Å². The van der Waals surface area contributed by atoms with Gasteiger partial charge in [0, 0.05) is 55.6 Å². The van der Waals surface area contributed by atoms with Crippen LogP contribution in [0.5, 0.6) is 11.5 Å². The zero-order chi connectivity index (χ0) is 38.8.